The molecule has 2 atom stereocenters. The first-order valence-corrected chi connectivity index (χ1v) is 12.7. The molecule has 5 rings (SSSR count). The number of hydrogen-bond acceptors (Lipinski definition) is 4. The molecule has 0 radical (unpaired) electrons. The van der Waals surface area contributed by atoms with E-state index in [1.807, 2.05) is 24.3 Å². The van der Waals surface area contributed by atoms with Gasteiger partial charge in [-0.15, -0.1) is 0 Å². The molecule has 1 aliphatic carbocycles. The summed E-state index contributed by atoms with van der Waals surface area (Å²) in [6, 6.07) is 10.8. The van der Waals surface area contributed by atoms with Gasteiger partial charge in [-0.1, -0.05) is 49.4 Å². The second-order valence-corrected chi connectivity index (χ2v) is 11.6. The largest absolute Gasteiger partial charge is 0.454 e. The number of rotatable bonds is 6. The number of carbonyl (C=O) groups is 1. The van der Waals surface area contributed by atoms with Crippen molar-refractivity contribution in [3.8, 4) is 11.5 Å². The third-order valence-electron chi connectivity index (χ3n) is 6.72. The van der Waals surface area contributed by atoms with Crippen LogP contribution in [-0.2, 0) is 22.2 Å². The van der Waals surface area contributed by atoms with Crippen LogP contribution >= 0.6 is 22.6 Å². The van der Waals surface area contributed by atoms with Gasteiger partial charge >= 0.3 is 0 Å². The number of aliphatic hydroxyl groups excluding tert-OH is 1. The van der Waals surface area contributed by atoms with E-state index in [9.17, 15) is 9.90 Å². The average molecular weight is 578 g/mol. The Labute approximate surface area is 211 Å². The fraction of sp³-hybridized carbons (Fsp3) is 0.423. The molecule has 1 aromatic heterocycles. The third-order valence-corrected chi connectivity index (χ3v) is 8.22. The molecule has 1 fully saturated rings. The van der Waals surface area contributed by atoms with Crippen molar-refractivity contribution >= 4 is 45.1 Å². The summed E-state index contributed by atoms with van der Waals surface area (Å²) in [5.41, 5.74) is 1.96. The van der Waals surface area contributed by atoms with E-state index >= 15 is 4.39 Å². The number of aryl methyl sites for hydroxylation is 1. The highest BCUT2D eigenvalue weighted by atomic mass is 127. The van der Waals surface area contributed by atoms with Crippen molar-refractivity contribution in [1.82, 2.24) is 4.57 Å². The van der Waals surface area contributed by atoms with Gasteiger partial charge in [-0.2, -0.15) is 0 Å². The van der Waals surface area contributed by atoms with E-state index in [1.165, 1.54) is 6.07 Å². The van der Waals surface area contributed by atoms with E-state index in [2.05, 4.69) is 53.2 Å². The van der Waals surface area contributed by atoms with Crippen LogP contribution in [-0.4, -0.2) is 32.9 Å². The minimum Gasteiger partial charge on any atom is -0.454 e. The molecule has 2 aliphatic rings. The zero-order valence-electron chi connectivity index (χ0n) is 19.5. The van der Waals surface area contributed by atoms with Crippen LogP contribution in [0, 0.1) is 5.82 Å². The molecule has 0 bridgehead atoms. The van der Waals surface area contributed by atoms with Crippen molar-refractivity contribution in [3.63, 3.8) is 0 Å². The molecule has 1 aliphatic heterocycles. The molecule has 180 valence electrons. The SMILES string of the molecule is CC(C)(C)c1cc2cc(NC(=O)C3(c4ccc5c(c4)OCO5)CC3I)c(F)cc2n1CCCO. The van der Waals surface area contributed by atoms with Gasteiger partial charge in [0.05, 0.1) is 16.6 Å². The molecule has 34 heavy (non-hydrogen) atoms. The fourth-order valence-corrected chi connectivity index (χ4v) is 6.10. The molecule has 1 amide bonds. The smallest absolute Gasteiger partial charge is 0.236 e. The number of benzene rings is 2. The van der Waals surface area contributed by atoms with E-state index in [-0.39, 0.29) is 34.3 Å². The van der Waals surface area contributed by atoms with Gasteiger partial charge in [0.25, 0.3) is 0 Å². The molecule has 0 spiro atoms. The van der Waals surface area contributed by atoms with Crippen LogP contribution in [0.3, 0.4) is 0 Å². The zero-order valence-corrected chi connectivity index (χ0v) is 21.6. The summed E-state index contributed by atoms with van der Waals surface area (Å²) in [6.45, 7) is 7.17. The number of aromatic nitrogens is 1. The Hall–Kier alpha value is -2.33. The number of nitrogens with one attached hydrogen (secondary N) is 1. The molecule has 1 saturated carbocycles. The first kappa shape index (κ1) is 23.4. The topological polar surface area (TPSA) is 72.7 Å². The number of carbonyl (C=O) groups excluding carboxylic acids is 1. The van der Waals surface area contributed by atoms with Crippen molar-refractivity contribution in [2.75, 3.05) is 18.7 Å². The summed E-state index contributed by atoms with van der Waals surface area (Å²) in [7, 11) is 0. The minimum atomic E-state index is -0.730. The van der Waals surface area contributed by atoms with Crippen molar-refractivity contribution in [1.29, 1.82) is 0 Å². The molecular formula is C26H28FIN2O4. The highest BCUT2D eigenvalue weighted by molar-refractivity contribution is 14.1. The molecule has 0 saturated heterocycles. The van der Waals surface area contributed by atoms with Gasteiger partial charge in [-0.25, -0.2) is 4.39 Å². The van der Waals surface area contributed by atoms with Gasteiger partial charge in [-0.3, -0.25) is 4.79 Å². The van der Waals surface area contributed by atoms with Crippen molar-refractivity contribution in [3.05, 3.63) is 53.5 Å². The maximum Gasteiger partial charge on any atom is 0.236 e. The predicted octanol–water partition coefficient (Wildman–Crippen LogP) is 5.27. The molecule has 8 heteroatoms. The van der Waals surface area contributed by atoms with Crippen LogP contribution in [0.1, 0.15) is 44.9 Å². The number of alkyl halides is 1. The van der Waals surface area contributed by atoms with Crippen molar-refractivity contribution in [2.45, 2.75) is 54.9 Å². The second-order valence-electron chi connectivity index (χ2n) is 10.1. The van der Waals surface area contributed by atoms with Gasteiger partial charge in [-0.05, 0) is 42.7 Å². The van der Waals surface area contributed by atoms with Gasteiger partial charge in [0.1, 0.15) is 5.82 Å². The van der Waals surface area contributed by atoms with Crippen LogP contribution in [0.25, 0.3) is 10.9 Å². The van der Waals surface area contributed by atoms with E-state index < -0.39 is 11.2 Å². The van der Waals surface area contributed by atoms with Crippen LogP contribution in [0.4, 0.5) is 10.1 Å². The first-order chi connectivity index (χ1) is 16.1. The molecule has 2 heterocycles. The first-order valence-electron chi connectivity index (χ1n) is 11.4. The third kappa shape index (κ3) is 3.84. The quantitative estimate of drug-likeness (QED) is 0.309. The van der Waals surface area contributed by atoms with Gasteiger partial charge in [0, 0.05) is 39.6 Å². The molecule has 3 aromatic rings. The average Bonchev–Trinajstić information content (AvgIpc) is 3.10. The number of amides is 1. The van der Waals surface area contributed by atoms with Gasteiger partial charge in [0.2, 0.25) is 12.7 Å². The van der Waals surface area contributed by atoms with Crippen LogP contribution < -0.4 is 14.8 Å². The highest BCUT2D eigenvalue weighted by Gasteiger charge is 2.60. The van der Waals surface area contributed by atoms with Crippen LogP contribution in [0.2, 0.25) is 0 Å². The lowest BCUT2D eigenvalue weighted by molar-refractivity contribution is -0.118. The van der Waals surface area contributed by atoms with Gasteiger partial charge in [0.15, 0.2) is 11.5 Å². The summed E-state index contributed by atoms with van der Waals surface area (Å²) in [4.78, 5) is 13.5. The lowest BCUT2D eigenvalue weighted by atomic mass is 9.92. The molecule has 6 nitrogen and oxygen atoms in total. The monoisotopic (exact) mass is 578 g/mol. The Morgan fingerprint density at radius 1 is 1.24 bits per heavy atom. The Kier molecular flexibility index (Phi) is 5.79. The van der Waals surface area contributed by atoms with Crippen LogP contribution in [0.5, 0.6) is 11.5 Å². The number of halogens is 2. The summed E-state index contributed by atoms with van der Waals surface area (Å²) in [5.74, 6) is 0.601. The Morgan fingerprint density at radius 2 is 1.97 bits per heavy atom. The Morgan fingerprint density at radius 3 is 2.65 bits per heavy atom. The lowest BCUT2D eigenvalue weighted by Gasteiger charge is -2.22. The van der Waals surface area contributed by atoms with Crippen LogP contribution in [0.15, 0.2) is 36.4 Å². The summed E-state index contributed by atoms with van der Waals surface area (Å²) in [6.07, 6.45) is 1.26. The Bertz CT molecular complexity index is 1280. The number of ether oxygens (including phenoxy) is 2. The molecular weight excluding hydrogens is 550 g/mol. The number of nitrogens with zero attached hydrogens (tertiary/aromatic N) is 1. The van der Waals surface area contributed by atoms with E-state index in [4.69, 9.17) is 9.47 Å². The summed E-state index contributed by atoms with van der Waals surface area (Å²) >= 11 is 2.28. The number of fused-ring (bicyclic) bond motifs is 2. The maximum absolute atomic E-state index is 15.3. The number of aliphatic hydroxyl groups is 1. The fourth-order valence-electron chi connectivity index (χ4n) is 4.77. The van der Waals surface area contributed by atoms with E-state index in [0.29, 0.717) is 30.9 Å². The molecule has 2 N–H and O–H groups in total. The molecule has 2 unspecified atom stereocenters. The minimum absolute atomic E-state index is 0.0687. The van der Waals surface area contributed by atoms with Gasteiger partial charge < -0.3 is 24.5 Å². The number of anilines is 1. The van der Waals surface area contributed by atoms with Crippen molar-refractivity contribution < 1.29 is 23.8 Å². The summed E-state index contributed by atoms with van der Waals surface area (Å²) in [5, 5.41) is 13.1. The molecule has 2 aromatic carbocycles. The van der Waals surface area contributed by atoms with E-state index in [0.717, 1.165) is 22.2 Å². The standard InChI is InChI=1S/C26H28FIN2O4/c1-25(2,3)23-10-15-9-18(17(27)12-19(15)30(23)7-4-8-31)29-24(32)26(13-22(26)28)16-5-6-20-21(11-16)34-14-33-20/h5-6,9-12,22,31H,4,7-8,13-14H2,1-3H3,(H,29,32). The van der Waals surface area contributed by atoms with E-state index in [1.54, 1.807) is 6.07 Å². The Balaban J connectivity index is 1.49. The number of hydrogen-bond donors (Lipinski definition) is 2. The summed E-state index contributed by atoms with van der Waals surface area (Å²) < 4.78 is 28.3. The predicted molar refractivity (Wildman–Crippen MR) is 138 cm³/mol. The zero-order chi connectivity index (χ0) is 24.3. The highest BCUT2D eigenvalue weighted by Crippen LogP contribution is 2.55. The normalized spacial score (nSPS) is 21.2. The lowest BCUT2D eigenvalue weighted by Crippen LogP contribution is -2.30. The maximum atomic E-state index is 15.3. The second kappa shape index (κ2) is 8.41. The van der Waals surface area contributed by atoms with Crippen molar-refractivity contribution in [2.24, 2.45) is 0 Å².